The third-order valence-corrected chi connectivity index (χ3v) is 3.87. The molecule has 2 rings (SSSR count). The molecule has 7 heteroatoms. The standard InChI is InChI=1S/C14H15N3O3S/c1-8-12(14(19)20)17-10(21-8)7-16-13(18)11(15)9-5-3-2-4-6-9/h2-6,11H,7,15H2,1H3,(H,16,18)(H,19,20). The maximum absolute atomic E-state index is 12.0. The molecule has 0 aliphatic carbocycles. The fourth-order valence-corrected chi connectivity index (χ4v) is 2.67. The number of carbonyl (C=O) groups is 2. The van der Waals surface area contributed by atoms with Crippen molar-refractivity contribution >= 4 is 23.2 Å². The van der Waals surface area contributed by atoms with E-state index in [4.69, 9.17) is 10.8 Å². The average molecular weight is 305 g/mol. The van der Waals surface area contributed by atoms with Gasteiger partial charge >= 0.3 is 5.97 Å². The monoisotopic (exact) mass is 305 g/mol. The van der Waals surface area contributed by atoms with Crippen molar-refractivity contribution in [3.8, 4) is 0 Å². The molecule has 0 aliphatic rings. The molecule has 1 amide bonds. The number of aryl methyl sites for hydroxylation is 1. The van der Waals surface area contributed by atoms with Gasteiger partial charge in [0, 0.05) is 4.88 Å². The van der Waals surface area contributed by atoms with Gasteiger partial charge in [-0.2, -0.15) is 0 Å². The summed E-state index contributed by atoms with van der Waals surface area (Å²) in [5.74, 6) is -1.40. The molecule has 0 fully saturated rings. The average Bonchev–Trinajstić information content (AvgIpc) is 2.86. The summed E-state index contributed by atoms with van der Waals surface area (Å²) < 4.78 is 0. The largest absolute Gasteiger partial charge is 0.476 e. The molecule has 1 unspecified atom stereocenters. The summed E-state index contributed by atoms with van der Waals surface area (Å²) in [6.07, 6.45) is 0. The Labute approximate surface area is 125 Å². The molecular weight excluding hydrogens is 290 g/mol. The molecule has 0 spiro atoms. The summed E-state index contributed by atoms with van der Waals surface area (Å²) in [4.78, 5) is 27.5. The number of amides is 1. The molecule has 6 nitrogen and oxygen atoms in total. The van der Waals surface area contributed by atoms with Crippen LogP contribution in [0.1, 0.15) is 32.0 Å². The van der Waals surface area contributed by atoms with E-state index in [0.29, 0.717) is 9.88 Å². The van der Waals surface area contributed by atoms with Crippen LogP contribution in [0.15, 0.2) is 30.3 Å². The van der Waals surface area contributed by atoms with Gasteiger partial charge in [-0.05, 0) is 12.5 Å². The fraction of sp³-hybridized carbons (Fsp3) is 0.214. The van der Waals surface area contributed by atoms with Crippen molar-refractivity contribution in [2.45, 2.75) is 19.5 Å². The first kappa shape index (κ1) is 15.1. The van der Waals surface area contributed by atoms with Gasteiger partial charge < -0.3 is 16.2 Å². The number of hydrogen-bond acceptors (Lipinski definition) is 5. The maximum Gasteiger partial charge on any atom is 0.355 e. The Morgan fingerprint density at radius 1 is 1.38 bits per heavy atom. The lowest BCUT2D eigenvalue weighted by molar-refractivity contribution is -0.122. The highest BCUT2D eigenvalue weighted by molar-refractivity contribution is 7.11. The molecule has 4 N–H and O–H groups in total. The lowest BCUT2D eigenvalue weighted by Gasteiger charge is -2.11. The summed E-state index contributed by atoms with van der Waals surface area (Å²) in [6.45, 7) is 1.85. The minimum absolute atomic E-state index is 0.0246. The van der Waals surface area contributed by atoms with Crippen LogP contribution in [-0.4, -0.2) is 22.0 Å². The predicted molar refractivity (Wildman–Crippen MR) is 79.0 cm³/mol. The van der Waals surface area contributed by atoms with E-state index in [9.17, 15) is 9.59 Å². The van der Waals surface area contributed by atoms with Crippen molar-refractivity contribution in [2.24, 2.45) is 5.73 Å². The van der Waals surface area contributed by atoms with Gasteiger partial charge in [-0.1, -0.05) is 30.3 Å². The van der Waals surface area contributed by atoms with Crippen LogP contribution in [-0.2, 0) is 11.3 Å². The highest BCUT2D eigenvalue weighted by Gasteiger charge is 2.17. The molecule has 1 aromatic heterocycles. The third-order valence-electron chi connectivity index (χ3n) is 2.90. The van der Waals surface area contributed by atoms with Gasteiger partial charge in [-0.3, -0.25) is 4.79 Å². The summed E-state index contributed by atoms with van der Waals surface area (Å²) >= 11 is 1.24. The molecule has 2 aromatic rings. The van der Waals surface area contributed by atoms with Crippen LogP contribution >= 0.6 is 11.3 Å². The van der Waals surface area contributed by atoms with Gasteiger partial charge in [0.15, 0.2) is 5.69 Å². The number of thiazole rings is 1. The quantitative estimate of drug-likeness (QED) is 0.775. The Bertz CT molecular complexity index is 655. The number of nitrogens with one attached hydrogen (secondary N) is 1. The number of carbonyl (C=O) groups excluding carboxylic acids is 1. The number of rotatable bonds is 5. The molecule has 1 atom stereocenters. The lowest BCUT2D eigenvalue weighted by Crippen LogP contribution is -2.33. The Morgan fingerprint density at radius 3 is 2.62 bits per heavy atom. The van der Waals surface area contributed by atoms with E-state index in [1.807, 2.05) is 18.2 Å². The van der Waals surface area contributed by atoms with E-state index < -0.39 is 12.0 Å². The number of nitrogens with zero attached hydrogens (tertiary/aromatic N) is 1. The Morgan fingerprint density at radius 2 is 2.05 bits per heavy atom. The lowest BCUT2D eigenvalue weighted by atomic mass is 10.1. The van der Waals surface area contributed by atoms with Crippen molar-refractivity contribution in [1.29, 1.82) is 0 Å². The van der Waals surface area contributed by atoms with Crippen molar-refractivity contribution < 1.29 is 14.7 Å². The third kappa shape index (κ3) is 3.65. The van der Waals surface area contributed by atoms with E-state index in [1.165, 1.54) is 11.3 Å². The van der Waals surface area contributed by atoms with Gasteiger partial charge in [0.1, 0.15) is 11.0 Å². The SMILES string of the molecule is Cc1sc(CNC(=O)C(N)c2ccccc2)nc1C(=O)O. The Hall–Kier alpha value is -2.25. The van der Waals surface area contributed by atoms with E-state index >= 15 is 0 Å². The number of benzene rings is 1. The zero-order valence-corrected chi connectivity index (χ0v) is 12.2. The van der Waals surface area contributed by atoms with Crippen molar-refractivity contribution in [3.63, 3.8) is 0 Å². The summed E-state index contributed by atoms with van der Waals surface area (Å²) in [5.41, 5.74) is 6.61. The first-order valence-corrected chi connectivity index (χ1v) is 7.08. The minimum Gasteiger partial charge on any atom is -0.476 e. The second-order valence-electron chi connectivity index (χ2n) is 4.42. The first-order chi connectivity index (χ1) is 9.99. The van der Waals surface area contributed by atoms with Gasteiger partial charge in [-0.15, -0.1) is 11.3 Å². The molecular formula is C14H15N3O3S. The summed E-state index contributed by atoms with van der Waals surface area (Å²) in [7, 11) is 0. The molecule has 1 aromatic carbocycles. The van der Waals surface area contributed by atoms with Crippen molar-refractivity contribution in [2.75, 3.05) is 0 Å². The van der Waals surface area contributed by atoms with E-state index in [0.717, 1.165) is 5.56 Å². The van der Waals surface area contributed by atoms with Crippen LogP contribution in [0.2, 0.25) is 0 Å². The Balaban J connectivity index is 1.98. The second-order valence-corrected chi connectivity index (χ2v) is 5.71. The zero-order valence-electron chi connectivity index (χ0n) is 11.4. The predicted octanol–water partition coefficient (Wildman–Crippen LogP) is 1.47. The molecule has 1 heterocycles. The highest BCUT2D eigenvalue weighted by atomic mass is 32.1. The second kappa shape index (κ2) is 6.47. The highest BCUT2D eigenvalue weighted by Crippen LogP contribution is 2.17. The van der Waals surface area contributed by atoms with Gasteiger partial charge in [0.25, 0.3) is 0 Å². The number of nitrogens with two attached hydrogens (primary N) is 1. The van der Waals surface area contributed by atoms with Crippen molar-refractivity contribution in [1.82, 2.24) is 10.3 Å². The van der Waals surface area contributed by atoms with Crippen LogP contribution < -0.4 is 11.1 Å². The molecule has 0 bridgehead atoms. The normalized spacial score (nSPS) is 11.9. The zero-order chi connectivity index (χ0) is 15.4. The van der Waals surface area contributed by atoms with Crippen LogP contribution in [0.3, 0.4) is 0 Å². The van der Waals surface area contributed by atoms with Crippen molar-refractivity contribution in [3.05, 3.63) is 51.5 Å². The number of carboxylic acids is 1. The summed E-state index contributed by atoms with van der Waals surface area (Å²) in [5, 5.41) is 12.1. The smallest absolute Gasteiger partial charge is 0.355 e. The first-order valence-electron chi connectivity index (χ1n) is 6.27. The maximum atomic E-state index is 12.0. The summed E-state index contributed by atoms with van der Waals surface area (Å²) in [6, 6.07) is 8.27. The molecule has 0 aliphatic heterocycles. The number of aromatic nitrogens is 1. The number of aromatic carboxylic acids is 1. The molecule has 0 saturated carbocycles. The molecule has 0 radical (unpaired) electrons. The van der Waals surface area contributed by atoms with Gasteiger partial charge in [0.2, 0.25) is 5.91 Å². The van der Waals surface area contributed by atoms with Crippen LogP contribution in [0.4, 0.5) is 0 Å². The molecule has 0 saturated heterocycles. The molecule has 21 heavy (non-hydrogen) atoms. The van der Waals surface area contributed by atoms with E-state index in [1.54, 1.807) is 19.1 Å². The van der Waals surface area contributed by atoms with Crippen LogP contribution in [0, 0.1) is 6.92 Å². The molecule has 110 valence electrons. The number of hydrogen-bond donors (Lipinski definition) is 3. The minimum atomic E-state index is -1.07. The fourth-order valence-electron chi connectivity index (χ4n) is 1.81. The van der Waals surface area contributed by atoms with Crippen LogP contribution in [0.25, 0.3) is 0 Å². The number of carboxylic acid groups (broad SMARTS) is 1. The van der Waals surface area contributed by atoms with Gasteiger partial charge in [-0.25, -0.2) is 9.78 Å². The van der Waals surface area contributed by atoms with Crippen LogP contribution in [0.5, 0.6) is 0 Å². The van der Waals surface area contributed by atoms with E-state index in [2.05, 4.69) is 10.3 Å². The van der Waals surface area contributed by atoms with Gasteiger partial charge in [0.05, 0.1) is 6.54 Å². The Kier molecular flexibility index (Phi) is 4.66. The topological polar surface area (TPSA) is 105 Å². The van der Waals surface area contributed by atoms with E-state index in [-0.39, 0.29) is 18.1 Å².